The predicted octanol–water partition coefficient (Wildman–Crippen LogP) is 1.02. The molecule has 3 N–H and O–H groups in total. The topological polar surface area (TPSA) is 132 Å². The van der Waals surface area contributed by atoms with E-state index < -0.39 is 17.4 Å². The molecule has 0 radical (unpaired) electrons. The third-order valence-electron chi connectivity index (χ3n) is 3.92. The smallest absolute Gasteiger partial charge is 0.307 e. The molecular formula is C18H21N5O4. The molecule has 9 heteroatoms. The average Bonchev–Trinajstić information content (AvgIpc) is 3.02. The van der Waals surface area contributed by atoms with Crippen LogP contribution in [0.15, 0.2) is 30.5 Å². The Bertz CT molecular complexity index is 886. The Balaban J connectivity index is 2.27. The van der Waals surface area contributed by atoms with Gasteiger partial charge in [0.2, 0.25) is 0 Å². The van der Waals surface area contributed by atoms with E-state index in [-0.39, 0.29) is 24.4 Å². The number of hydrogen-bond donors (Lipinski definition) is 2. The van der Waals surface area contributed by atoms with Gasteiger partial charge in [0, 0.05) is 12.7 Å². The Kier molecular flexibility index (Phi) is 6.15. The number of amides is 1. The van der Waals surface area contributed by atoms with Gasteiger partial charge in [0.1, 0.15) is 17.5 Å². The highest BCUT2D eigenvalue weighted by molar-refractivity contribution is 5.95. The monoisotopic (exact) mass is 371 g/mol. The number of aromatic nitrogens is 2. The number of nitrogens with two attached hydrogens (primary N) is 1. The molecule has 0 aliphatic rings. The number of nitriles is 1. The SMILES string of the molecule is COCC(C)(CC(=O)OC)NC(=O)c1cccc(-n2ncc(C#N)c2N)c1. The minimum atomic E-state index is -0.937. The molecule has 1 amide bonds. The van der Waals surface area contributed by atoms with Crippen molar-refractivity contribution in [3.05, 3.63) is 41.6 Å². The first-order valence-corrected chi connectivity index (χ1v) is 8.06. The molecule has 1 unspecified atom stereocenters. The second-order valence-electron chi connectivity index (χ2n) is 6.22. The number of rotatable bonds is 7. The summed E-state index contributed by atoms with van der Waals surface area (Å²) in [7, 11) is 2.76. The highest BCUT2D eigenvalue weighted by atomic mass is 16.5. The van der Waals surface area contributed by atoms with Gasteiger partial charge in [-0.15, -0.1) is 0 Å². The van der Waals surface area contributed by atoms with Gasteiger partial charge >= 0.3 is 5.97 Å². The summed E-state index contributed by atoms with van der Waals surface area (Å²) < 4.78 is 11.2. The lowest BCUT2D eigenvalue weighted by Gasteiger charge is -2.29. The minimum absolute atomic E-state index is 0.0413. The van der Waals surface area contributed by atoms with Gasteiger partial charge in [0.15, 0.2) is 0 Å². The number of esters is 1. The van der Waals surface area contributed by atoms with E-state index in [1.807, 2.05) is 6.07 Å². The predicted molar refractivity (Wildman–Crippen MR) is 97.1 cm³/mol. The Morgan fingerprint density at radius 3 is 2.74 bits per heavy atom. The fraction of sp³-hybridized carbons (Fsp3) is 0.333. The van der Waals surface area contributed by atoms with Gasteiger partial charge in [-0.05, 0) is 25.1 Å². The zero-order chi connectivity index (χ0) is 20.0. The molecule has 27 heavy (non-hydrogen) atoms. The van der Waals surface area contributed by atoms with Gasteiger partial charge < -0.3 is 20.5 Å². The number of nitrogen functional groups attached to an aromatic ring is 1. The first kappa shape index (κ1) is 19.9. The molecule has 1 heterocycles. The summed E-state index contributed by atoms with van der Waals surface area (Å²) in [6.07, 6.45) is 1.31. The molecule has 142 valence electrons. The molecule has 0 aliphatic carbocycles. The van der Waals surface area contributed by atoms with Crippen LogP contribution in [0.4, 0.5) is 5.82 Å². The molecule has 1 atom stereocenters. The maximum atomic E-state index is 12.7. The molecule has 1 aromatic carbocycles. The van der Waals surface area contributed by atoms with E-state index in [0.29, 0.717) is 11.3 Å². The number of carbonyl (C=O) groups excluding carboxylic acids is 2. The Morgan fingerprint density at radius 1 is 1.41 bits per heavy atom. The fourth-order valence-corrected chi connectivity index (χ4v) is 2.62. The van der Waals surface area contributed by atoms with Gasteiger partial charge in [-0.3, -0.25) is 9.59 Å². The third kappa shape index (κ3) is 4.62. The van der Waals surface area contributed by atoms with Gasteiger partial charge in [-0.25, -0.2) is 4.68 Å². The summed E-state index contributed by atoms with van der Waals surface area (Å²) in [5.74, 6) is -0.673. The molecule has 0 saturated carbocycles. The van der Waals surface area contributed by atoms with E-state index >= 15 is 0 Å². The molecule has 2 aromatic rings. The zero-order valence-corrected chi connectivity index (χ0v) is 15.4. The van der Waals surface area contributed by atoms with Gasteiger partial charge in [-0.1, -0.05) is 6.07 Å². The van der Waals surface area contributed by atoms with Gasteiger partial charge in [0.05, 0.1) is 37.6 Å². The van der Waals surface area contributed by atoms with Crippen molar-refractivity contribution >= 4 is 17.7 Å². The Labute approximate surface area is 156 Å². The van der Waals surface area contributed by atoms with Crippen LogP contribution in [0.1, 0.15) is 29.3 Å². The zero-order valence-electron chi connectivity index (χ0n) is 15.4. The van der Waals surface area contributed by atoms with Crippen LogP contribution in [0.3, 0.4) is 0 Å². The fourth-order valence-electron chi connectivity index (χ4n) is 2.62. The molecule has 0 spiro atoms. The summed E-state index contributed by atoms with van der Waals surface area (Å²) in [5.41, 5.74) is 6.07. The molecule has 9 nitrogen and oxygen atoms in total. The summed E-state index contributed by atoms with van der Waals surface area (Å²) >= 11 is 0. The van der Waals surface area contributed by atoms with Crippen molar-refractivity contribution in [3.8, 4) is 11.8 Å². The number of methoxy groups -OCH3 is 2. The van der Waals surface area contributed by atoms with Crippen molar-refractivity contribution < 1.29 is 19.1 Å². The van der Waals surface area contributed by atoms with E-state index in [4.69, 9.17) is 15.7 Å². The lowest BCUT2D eigenvalue weighted by Crippen LogP contribution is -2.50. The average molecular weight is 371 g/mol. The van der Waals surface area contributed by atoms with Crippen molar-refractivity contribution in [2.75, 3.05) is 26.6 Å². The molecule has 0 aliphatic heterocycles. The van der Waals surface area contributed by atoms with Crippen LogP contribution in [-0.4, -0.2) is 48.0 Å². The lowest BCUT2D eigenvalue weighted by atomic mass is 9.98. The van der Waals surface area contributed by atoms with Gasteiger partial charge in [0.25, 0.3) is 5.91 Å². The highest BCUT2D eigenvalue weighted by Crippen LogP contribution is 2.18. The lowest BCUT2D eigenvalue weighted by molar-refractivity contribution is -0.142. The van der Waals surface area contributed by atoms with Crippen LogP contribution < -0.4 is 11.1 Å². The Hall–Kier alpha value is -3.38. The van der Waals surface area contributed by atoms with Crippen molar-refractivity contribution in [1.29, 1.82) is 5.26 Å². The molecule has 0 saturated heterocycles. The van der Waals surface area contributed by atoms with E-state index in [0.717, 1.165) is 0 Å². The number of hydrogen-bond acceptors (Lipinski definition) is 7. The molecule has 0 fully saturated rings. The Morgan fingerprint density at radius 2 is 2.15 bits per heavy atom. The normalized spacial score (nSPS) is 12.7. The maximum Gasteiger partial charge on any atom is 0.307 e. The first-order valence-electron chi connectivity index (χ1n) is 8.06. The van der Waals surface area contributed by atoms with Gasteiger partial charge in [-0.2, -0.15) is 10.4 Å². The van der Waals surface area contributed by atoms with E-state index in [2.05, 4.69) is 15.2 Å². The van der Waals surface area contributed by atoms with Crippen LogP contribution in [0, 0.1) is 11.3 Å². The molecule has 1 aromatic heterocycles. The van der Waals surface area contributed by atoms with Crippen molar-refractivity contribution in [1.82, 2.24) is 15.1 Å². The largest absolute Gasteiger partial charge is 0.469 e. The van der Waals surface area contributed by atoms with Crippen molar-refractivity contribution in [3.63, 3.8) is 0 Å². The standard InChI is InChI=1S/C18H21N5O4/c1-18(11-26-2,8-15(24)27-3)22-17(25)12-5-4-6-14(7-12)23-16(20)13(9-19)10-21-23/h4-7,10H,8,11,20H2,1-3H3,(H,22,25). The quantitative estimate of drug-likeness (QED) is 0.694. The van der Waals surface area contributed by atoms with Crippen LogP contribution in [0.5, 0.6) is 0 Å². The van der Waals surface area contributed by atoms with E-state index in [1.54, 1.807) is 31.2 Å². The van der Waals surface area contributed by atoms with Crippen molar-refractivity contribution in [2.45, 2.75) is 18.9 Å². The minimum Gasteiger partial charge on any atom is -0.469 e. The summed E-state index contributed by atoms with van der Waals surface area (Å²) in [6.45, 7) is 1.82. The van der Waals surface area contributed by atoms with Crippen molar-refractivity contribution in [2.24, 2.45) is 0 Å². The first-order chi connectivity index (χ1) is 12.8. The van der Waals surface area contributed by atoms with Crippen LogP contribution in [0.2, 0.25) is 0 Å². The maximum absolute atomic E-state index is 12.7. The van der Waals surface area contributed by atoms with E-state index in [9.17, 15) is 9.59 Å². The molecular weight excluding hydrogens is 350 g/mol. The van der Waals surface area contributed by atoms with Crippen LogP contribution in [0.25, 0.3) is 5.69 Å². The molecule has 0 bridgehead atoms. The number of ether oxygens (including phenoxy) is 2. The number of anilines is 1. The number of nitrogens with one attached hydrogen (secondary N) is 1. The van der Waals surface area contributed by atoms with Crippen LogP contribution >= 0.6 is 0 Å². The molecule has 2 rings (SSSR count). The second kappa shape index (κ2) is 8.33. The van der Waals surface area contributed by atoms with E-state index in [1.165, 1.54) is 25.1 Å². The highest BCUT2D eigenvalue weighted by Gasteiger charge is 2.30. The van der Waals surface area contributed by atoms with Crippen LogP contribution in [-0.2, 0) is 14.3 Å². The summed E-state index contributed by atoms with van der Waals surface area (Å²) in [5, 5.41) is 15.9. The number of nitrogens with zero attached hydrogens (tertiary/aromatic N) is 3. The summed E-state index contributed by atoms with van der Waals surface area (Å²) in [4.78, 5) is 24.3. The number of benzene rings is 1. The summed E-state index contributed by atoms with van der Waals surface area (Å²) in [6, 6.07) is 8.54. The second-order valence-corrected chi connectivity index (χ2v) is 6.22. The third-order valence-corrected chi connectivity index (χ3v) is 3.92. The number of carbonyl (C=O) groups is 2.